The molecule has 1 aliphatic heterocycles. The highest BCUT2D eigenvalue weighted by Gasteiger charge is 2.31. The molecule has 0 saturated carbocycles. The van der Waals surface area contributed by atoms with Crippen LogP contribution in [0.1, 0.15) is 25.6 Å². The van der Waals surface area contributed by atoms with E-state index in [-0.39, 0.29) is 17.9 Å². The van der Waals surface area contributed by atoms with Crippen molar-refractivity contribution in [1.82, 2.24) is 29.5 Å². The average molecular weight is 328 g/mol. The van der Waals surface area contributed by atoms with E-state index in [0.29, 0.717) is 0 Å². The fourth-order valence-electron chi connectivity index (χ4n) is 3.10. The Morgan fingerprint density at radius 1 is 1.21 bits per heavy atom. The van der Waals surface area contributed by atoms with Gasteiger partial charge in [-0.3, -0.25) is 14.7 Å². The minimum absolute atomic E-state index is 0.132. The topological polar surface area (TPSA) is 67.2 Å². The van der Waals surface area contributed by atoms with Gasteiger partial charge in [-0.15, -0.1) is 0 Å². The summed E-state index contributed by atoms with van der Waals surface area (Å²) in [5.74, 6) is 0.304. The summed E-state index contributed by atoms with van der Waals surface area (Å²) in [5.41, 5.74) is 1.07. The van der Waals surface area contributed by atoms with Gasteiger partial charge in [0.05, 0.1) is 5.69 Å². The first-order chi connectivity index (χ1) is 11.6. The van der Waals surface area contributed by atoms with Crippen LogP contribution < -0.4 is 0 Å². The van der Waals surface area contributed by atoms with Crippen LogP contribution in [0.5, 0.6) is 0 Å². The smallest absolute Gasteiger partial charge is 0.247 e. The Kier molecular flexibility index (Phi) is 5.20. The Bertz CT molecular complexity index is 634. The summed E-state index contributed by atoms with van der Waals surface area (Å²) in [5, 5.41) is 4.16. The molecule has 7 nitrogen and oxygen atoms in total. The largest absolute Gasteiger partial charge is 0.338 e. The normalized spacial score (nSPS) is 17.2. The van der Waals surface area contributed by atoms with Crippen molar-refractivity contribution >= 4 is 5.91 Å². The SMILES string of the molecule is CC(C)[C@H](C(=O)N1CCN(Cc2ccccn2)CC1)n1cncn1. The van der Waals surface area contributed by atoms with Crippen molar-refractivity contribution in [3.05, 3.63) is 42.7 Å². The van der Waals surface area contributed by atoms with Crippen molar-refractivity contribution in [2.24, 2.45) is 5.92 Å². The highest BCUT2D eigenvalue weighted by molar-refractivity contribution is 5.80. The number of nitrogens with zero attached hydrogens (tertiary/aromatic N) is 6. The zero-order valence-corrected chi connectivity index (χ0v) is 14.2. The third kappa shape index (κ3) is 3.79. The molecule has 24 heavy (non-hydrogen) atoms. The molecule has 1 saturated heterocycles. The molecule has 0 unspecified atom stereocenters. The van der Waals surface area contributed by atoms with Gasteiger partial charge in [0.25, 0.3) is 0 Å². The molecule has 1 atom stereocenters. The first-order valence-corrected chi connectivity index (χ1v) is 8.40. The lowest BCUT2D eigenvalue weighted by Gasteiger charge is -2.36. The van der Waals surface area contributed by atoms with Crippen LogP contribution in [-0.4, -0.2) is 61.6 Å². The molecule has 0 bridgehead atoms. The number of hydrogen-bond donors (Lipinski definition) is 0. The Morgan fingerprint density at radius 3 is 2.58 bits per heavy atom. The van der Waals surface area contributed by atoms with E-state index in [1.807, 2.05) is 43.1 Å². The van der Waals surface area contributed by atoms with E-state index in [4.69, 9.17) is 0 Å². The molecule has 7 heteroatoms. The molecule has 1 amide bonds. The van der Waals surface area contributed by atoms with Gasteiger partial charge in [0, 0.05) is 38.9 Å². The van der Waals surface area contributed by atoms with E-state index in [1.54, 1.807) is 11.0 Å². The van der Waals surface area contributed by atoms with E-state index < -0.39 is 0 Å². The molecular formula is C17H24N6O. The third-order valence-corrected chi connectivity index (χ3v) is 4.40. The average Bonchev–Trinajstić information content (AvgIpc) is 3.10. The minimum atomic E-state index is -0.283. The van der Waals surface area contributed by atoms with Gasteiger partial charge in [0.1, 0.15) is 18.7 Å². The van der Waals surface area contributed by atoms with Gasteiger partial charge >= 0.3 is 0 Å². The van der Waals surface area contributed by atoms with Crippen LogP contribution >= 0.6 is 0 Å². The van der Waals surface area contributed by atoms with E-state index in [0.717, 1.165) is 38.4 Å². The Balaban J connectivity index is 1.58. The van der Waals surface area contributed by atoms with Gasteiger partial charge in [-0.25, -0.2) is 9.67 Å². The van der Waals surface area contributed by atoms with Gasteiger partial charge in [-0.05, 0) is 18.1 Å². The molecule has 3 rings (SSSR count). The molecule has 1 aliphatic rings. The number of amides is 1. The Hall–Kier alpha value is -2.28. The molecule has 128 valence electrons. The fourth-order valence-corrected chi connectivity index (χ4v) is 3.10. The van der Waals surface area contributed by atoms with Gasteiger partial charge in [0.2, 0.25) is 5.91 Å². The van der Waals surface area contributed by atoms with Gasteiger partial charge in [-0.2, -0.15) is 5.10 Å². The van der Waals surface area contributed by atoms with Gasteiger partial charge < -0.3 is 4.90 Å². The van der Waals surface area contributed by atoms with Crippen molar-refractivity contribution < 1.29 is 4.79 Å². The second-order valence-electron chi connectivity index (χ2n) is 6.49. The fraction of sp³-hybridized carbons (Fsp3) is 0.529. The highest BCUT2D eigenvalue weighted by atomic mass is 16.2. The second kappa shape index (κ2) is 7.53. The molecule has 2 aromatic heterocycles. The van der Waals surface area contributed by atoms with E-state index in [1.165, 1.54) is 6.33 Å². The van der Waals surface area contributed by atoms with Crippen molar-refractivity contribution in [3.63, 3.8) is 0 Å². The Labute approximate surface area is 142 Å². The predicted octanol–water partition coefficient (Wildman–Crippen LogP) is 1.21. The third-order valence-electron chi connectivity index (χ3n) is 4.40. The maximum atomic E-state index is 12.9. The molecule has 0 spiro atoms. The predicted molar refractivity (Wildman–Crippen MR) is 90.0 cm³/mol. The van der Waals surface area contributed by atoms with Crippen molar-refractivity contribution in [2.75, 3.05) is 26.2 Å². The molecule has 2 aromatic rings. The molecule has 3 heterocycles. The van der Waals surface area contributed by atoms with Crippen LogP contribution in [0.25, 0.3) is 0 Å². The highest BCUT2D eigenvalue weighted by Crippen LogP contribution is 2.20. The molecule has 0 N–H and O–H groups in total. The lowest BCUT2D eigenvalue weighted by molar-refractivity contribution is -0.138. The van der Waals surface area contributed by atoms with Crippen molar-refractivity contribution in [2.45, 2.75) is 26.4 Å². The maximum absolute atomic E-state index is 12.9. The zero-order valence-electron chi connectivity index (χ0n) is 14.2. The number of pyridine rings is 1. The van der Waals surface area contributed by atoms with Crippen LogP contribution in [0.3, 0.4) is 0 Å². The van der Waals surface area contributed by atoms with Gasteiger partial charge in [-0.1, -0.05) is 19.9 Å². The summed E-state index contributed by atoms with van der Waals surface area (Å²) in [6.07, 6.45) is 4.92. The molecular weight excluding hydrogens is 304 g/mol. The van der Waals surface area contributed by atoms with Crippen LogP contribution in [0.4, 0.5) is 0 Å². The number of rotatable bonds is 5. The monoisotopic (exact) mass is 328 g/mol. The molecule has 0 aliphatic carbocycles. The summed E-state index contributed by atoms with van der Waals surface area (Å²) in [6.45, 7) is 8.13. The van der Waals surface area contributed by atoms with E-state index >= 15 is 0 Å². The minimum Gasteiger partial charge on any atom is -0.338 e. The van der Waals surface area contributed by atoms with E-state index in [2.05, 4.69) is 20.0 Å². The molecule has 1 fully saturated rings. The summed E-state index contributed by atoms with van der Waals surface area (Å²) >= 11 is 0. The van der Waals surface area contributed by atoms with Crippen molar-refractivity contribution in [3.8, 4) is 0 Å². The Morgan fingerprint density at radius 2 is 2.00 bits per heavy atom. The van der Waals surface area contributed by atoms with Crippen LogP contribution in [0.2, 0.25) is 0 Å². The quantitative estimate of drug-likeness (QED) is 0.825. The first kappa shape index (κ1) is 16.6. The van der Waals surface area contributed by atoms with E-state index in [9.17, 15) is 4.79 Å². The number of carbonyl (C=O) groups is 1. The zero-order chi connectivity index (χ0) is 16.9. The maximum Gasteiger partial charge on any atom is 0.247 e. The number of aromatic nitrogens is 4. The summed E-state index contributed by atoms with van der Waals surface area (Å²) < 4.78 is 1.67. The van der Waals surface area contributed by atoms with Crippen LogP contribution in [0, 0.1) is 5.92 Å². The second-order valence-corrected chi connectivity index (χ2v) is 6.49. The molecule has 0 aromatic carbocycles. The standard InChI is InChI=1S/C17H24N6O/c1-14(2)16(23-13-18-12-20-23)17(24)22-9-7-21(8-10-22)11-15-5-3-4-6-19-15/h3-6,12-14,16H,7-11H2,1-2H3/t16-/m1/s1. The number of hydrogen-bond acceptors (Lipinski definition) is 5. The lowest BCUT2D eigenvalue weighted by Crippen LogP contribution is -2.51. The molecule has 0 radical (unpaired) electrons. The summed E-state index contributed by atoms with van der Waals surface area (Å²) in [7, 11) is 0. The van der Waals surface area contributed by atoms with Crippen LogP contribution in [-0.2, 0) is 11.3 Å². The first-order valence-electron chi connectivity index (χ1n) is 8.40. The number of carbonyl (C=O) groups excluding carboxylic acids is 1. The van der Waals surface area contributed by atoms with Gasteiger partial charge in [0.15, 0.2) is 0 Å². The summed E-state index contributed by atoms with van der Waals surface area (Å²) in [4.78, 5) is 25.5. The number of piperazine rings is 1. The lowest BCUT2D eigenvalue weighted by atomic mass is 10.0. The van der Waals surface area contributed by atoms with Crippen LogP contribution in [0.15, 0.2) is 37.1 Å². The summed E-state index contributed by atoms with van der Waals surface area (Å²) in [6, 6.07) is 5.69. The van der Waals surface area contributed by atoms with Crippen molar-refractivity contribution in [1.29, 1.82) is 0 Å².